The van der Waals surface area contributed by atoms with Crippen LogP contribution in [0.1, 0.15) is 12.5 Å². The quantitative estimate of drug-likeness (QED) is 0.780. The lowest BCUT2D eigenvalue weighted by atomic mass is 10.0. The molecule has 3 nitrogen and oxygen atoms in total. The molecule has 0 spiro atoms. The third-order valence-electron chi connectivity index (χ3n) is 3.16. The Morgan fingerprint density at radius 2 is 1.94 bits per heavy atom. The SMILES string of the molecule is COC(C)CN(C)C(CN)Cc1ccccc1. The number of ether oxygens (including phenoxy) is 1. The van der Waals surface area contributed by atoms with Crippen LogP contribution in [0.25, 0.3) is 0 Å². The minimum absolute atomic E-state index is 0.241. The van der Waals surface area contributed by atoms with E-state index in [1.807, 2.05) is 6.07 Å². The predicted octanol–water partition coefficient (Wildman–Crippen LogP) is 1.52. The third kappa shape index (κ3) is 4.86. The number of benzene rings is 1. The van der Waals surface area contributed by atoms with E-state index in [9.17, 15) is 0 Å². The van der Waals surface area contributed by atoms with Gasteiger partial charge in [-0.05, 0) is 26.0 Å². The number of methoxy groups -OCH3 is 1. The number of nitrogens with zero attached hydrogens (tertiary/aromatic N) is 1. The van der Waals surface area contributed by atoms with E-state index < -0.39 is 0 Å². The van der Waals surface area contributed by atoms with Gasteiger partial charge < -0.3 is 10.5 Å². The van der Waals surface area contributed by atoms with Gasteiger partial charge >= 0.3 is 0 Å². The minimum atomic E-state index is 0.241. The molecule has 0 aliphatic heterocycles. The molecule has 2 N–H and O–H groups in total. The summed E-state index contributed by atoms with van der Waals surface area (Å²) >= 11 is 0. The molecule has 17 heavy (non-hydrogen) atoms. The Bertz CT molecular complexity index is 302. The predicted molar refractivity (Wildman–Crippen MR) is 72.1 cm³/mol. The molecule has 0 saturated carbocycles. The summed E-state index contributed by atoms with van der Waals surface area (Å²) in [7, 11) is 3.85. The summed E-state index contributed by atoms with van der Waals surface area (Å²) in [5, 5.41) is 0. The second-order valence-electron chi connectivity index (χ2n) is 4.57. The highest BCUT2D eigenvalue weighted by molar-refractivity contribution is 5.16. The van der Waals surface area contributed by atoms with Gasteiger partial charge in [0, 0.05) is 26.2 Å². The van der Waals surface area contributed by atoms with E-state index in [1.54, 1.807) is 7.11 Å². The van der Waals surface area contributed by atoms with Crippen LogP contribution in [0.15, 0.2) is 30.3 Å². The first-order valence-electron chi connectivity index (χ1n) is 6.14. The van der Waals surface area contributed by atoms with Gasteiger partial charge in [0.1, 0.15) is 0 Å². The molecule has 2 atom stereocenters. The lowest BCUT2D eigenvalue weighted by Crippen LogP contribution is -2.43. The fraction of sp³-hybridized carbons (Fsp3) is 0.571. The zero-order valence-corrected chi connectivity index (χ0v) is 11.1. The van der Waals surface area contributed by atoms with Crippen LogP contribution in [0.2, 0.25) is 0 Å². The van der Waals surface area contributed by atoms with Crippen LogP contribution in [0.4, 0.5) is 0 Å². The molecule has 1 aromatic carbocycles. The van der Waals surface area contributed by atoms with E-state index in [0.717, 1.165) is 13.0 Å². The van der Waals surface area contributed by atoms with Crippen LogP contribution in [-0.4, -0.2) is 44.3 Å². The maximum absolute atomic E-state index is 5.86. The van der Waals surface area contributed by atoms with Crippen molar-refractivity contribution in [2.45, 2.75) is 25.5 Å². The molecule has 2 unspecified atom stereocenters. The number of rotatable bonds is 7. The number of hydrogen-bond donors (Lipinski definition) is 1. The van der Waals surface area contributed by atoms with Crippen molar-refractivity contribution in [1.29, 1.82) is 0 Å². The van der Waals surface area contributed by atoms with Crippen LogP contribution in [0.3, 0.4) is 0 Å². The van der Waals surface area contributed by atoms with E-state index in [4.69, 9.17) is 10.5 Å². The average Bonchev–Trinajstić information content (AvgIpc) is 2.36. The van der Waals surface area contributed by atoms with Crippen LogP contribution in [-0.2, 0) is 11.2 Å². The van der Waals surface area contributed by atoms with E-state index in [2.05, 4.69) is 43.1 Å². The summed E-state index contributed by atoms with van der Waals surface area (Å²) in [6.07, 6.45) is 1.23. The fourth-order valence-corrected chi connectivity index (χ4v) is 1.93. The number of nitrogens with two attached hydrogens (primary N) is 1. The van der Waals surface area contributed by atoms with Gasteiger partial charge in [-0.25, -0.2) is 0 Å². The molecule has 3 heteroatoms. The van der Waals surface area contributed by atoms with Crippen molar-refractivity contribution in [3.8, 4) is 0 Å². The van der Waals surface area contributed by atoms with E-state index in [-0.39, 0.29) is 6.10 Å². The molecule has 0 aliphatic rings. The molecule has 0 aliphatic carbocycles. The van der Waals surface area contributed by atoms with Crippen molar-refractivity contribution in [2.24, 2.45) is 5.73 Å². The summed E-state index contributed by atoms with van der Waals surface area (Å²) in [5.74, 6) is 0. The Labute approximate surface area is 105 Å². The van der Waals surface area contributed by atoms with Gasteiger partial charge in [-0.3, -0.25) is 4.90 Å². The van der Waals surface area contributed by atoms with Crippen molar-refractivity contribution in [3.05, 3.63) is 35.9 Å². The van der Waals surface area contributed by atoms with Gasteiger partial charge in [-0.1, -0.05) is 30.3 Å². The average molecular weight is 236 g/mol. The van der Waals surface area contributed by atoms with Crippen molar-refractivity contribution >= 4 is 0 Å². The van der Waals surface area contributed by atoms with Crippen molar-refractivity contribution < 1.29 is 4.74 Å². The number of likely N-dealkylation sites (N-methyl/N-ethyl adjacent to an activating group) is 1. The largest absolute Gasteiger partial charge is 0.380 e. The van der Waals surface area contributed by atoms with E-state index in [0.29, 0.717) is 12.6 Å². The van der Waals surface area contributed by atoms with Gasteiger partial charge in [0.05, 0.1) is 6.10 Å². The molecule has 0 saturated heterocycles. The topological polar surface area (TPSA) is 38.5 Å². The Balaban J connectivity index is 2.53. The first-order chi connectivity index (χ1) is 8.17. The van der Waals surface area contributed by atoms with Crippen molar-refractivity contribution in [3.63, 3.8) is 0 Å². The monoisotopic (exact) mass is 236 g/mol. The van der Waals surface area contributed by atoms with Gasteiger partial charge in [0.25, 0.3) is 0 Å². The highest BCUT2D eigenvalue weighted by Crippen LogP contribution is 2.08. The van der Waals surface area contributed by atoms with Crippen molar-refractivity contribution in [2.75, 3.05) is 27.2 Å². The van der Waals surface area contributed by atoms with Gasteiger partial charge in [0.2, 0.25) is 0 Å². The molecule has 0 fully saturated rings. The fourth-order valence-electron chi connectivity index (χ4n) is 1.93. The van der Waals surface area contributed by atoms with Crippen LogP contribution in [0, 0.1) is 0 Å². The van der Waals surface area contributed by atoms with Crippen LogP contribution >= 0.6 is 0 Å². The molecule has 1 rings (SSSR count). The molecule has 0 amide bonds. The van der Waals surface area contributed by atoms with Gasteiger partial charge in [-0.2, -0.15) is 0 Å². The molecular weight excluding hydrogens is 212 g/mol. The molecule has 1 aromatic rings. The standard InChI is InChI=1S/C14H24N2O/c1-12(17-3)11-16(2)14(10-15)9-13-7-5-4-6-8-13/h4-8,12,14H,9-11,15H2,1-3H3. The Morgan fingerprint density at radius 1 is 1.29 bits per heavy atom. The highest BCUT2D eigenvalue weighted by atomic mass is 16.5. The Hall–Kier alpha value is -0.900. The summed E-state index contributed by atoms with van der Waals surface area (Å²) in [6.45, 7) is 3.65. The summed E-state index contributed by atoms with van der Waals surface area (Å²) in [6, 6.07) is 10.8. The molecule has 0 heterocycles. The second-order valence-corrected chi connectivity index (χ2v) is 4.57. The Morgan fingerprint density at radius 3 is 2.47 bits per heavy atom. The van der Waals surface area contributed by atoms with E-state index in [1.165, 1.54) is 5.56 Å². The van der Waals surface area contributed by atoms with Crippen molar-refractivity contribution in [1.82, 2.24) is 4.90 Å². The maximum atomic E-state index is 5.86. The first-order valence-corrected chi connectivity index (χ1v) is 6.14. The summed E-state index contributed by atoms with van der Waals surface area (Å²) < 4.78 is 5.28. The molecule has 0 aromatic heterocycles. The first kappa shape index (κ1) is 14.2. The molecular formula is C14H24N2O. The summed E-state index contributed by atoms with van der Waals surface area (Å²) in [5.41, 5.74) is 7.19. The molecule has 0 radical (unpaired) electrons. The zero-order chi connectivity index (χ0) is 12.7. The lowest BCUT2D eigenvalue weighted by molar-refractivity contribution is 0.0725. The van der Waals surface area contributed by atoms with Crippen LogP contribution in [0.5, 0.6) is 0 Å². The highest BCUT2D eigenvalue weighted by Gasteiger charge is 2.15. The van der Waals surface area contributed by atoms with Gasteiger partial charge in [-0.15, -0.1) is 0 Å². The normalized spacial score (nSPS) is 14.9. The lowest BCUT2D eigenvalue weighted by Gasteiger charge is -2.29. The third-order valence-corrected chi connectivity index (χ3v) is 3.16. The molecule has 0 bridgehead atoms. The second kappa shape index (κ2) is 7.43. The number of hydrogen-bond acceptors (Lipinski definition) is 3. The minimum Gasteiger partial charge on any atom is -0.380 e. The maximum Gasteiger partial charge on any atom is 0.0670 e. The van der Waals surface area contributed by atoms with Crippen LogP contribution < -0.4 is 5.73 Å². The summed E-state index contributed by atoms with van der Waals surface area (Å²) in [4.78, 5) is 2.28. The Kier molecular flexibility index (Phi) is 6.19. The zero-order valence-electron chi connectivity index (χ0n) is 11.1. The van der Waals surface area contributed by atoms with Gasteiger partial charge in [0.15, 0.2) is 0 Å². The smallest absolute Gasteiger partial charge is 0.0670 e. The molecule has 96 valence electrons. The van der Waals surface area contributed by atoms with E-state index >= 15 is 0 Å².